The smallest absolute Gasteiger partial charge is 0.0377 e. The molecule has 1 aliphatic rings. The first kappa shape index (κ1) is 11.6. The number of nitrogen functional groups attached to an aromatic ring is 1. The van der Waals surface area contributed by atoms with Crippen LogP contribution in [0.4, 0.5) is 5.69 Å². The molecule has 0 radical (unpaired) electrons. The Morgan fingerprint density at radius 2 is 2.17 bits per heavy atom. The molecule has 1 aromatic carbocycles. The van der Waals surface area contributed by atoms with Gasteiger partial charge in [0, 0.05) is 28.7 Å². The van der Waals surface area contributed by atoms with E-state index in [1.807, 2.05) is 24.0 Å². The fourth-order valence-electron chi connectivity index (χ4n) is 2.44. The summed E-state index contributed by atoms with van der Waals surface area (Å²) in [4.78, 5) is 5.60. The molecule has 1 aromatic heterocycles. The third kappa shape index (κ3) is 2.23. The van der Waals surface area contributed by atoms with Crippen molar-refractivity contribution in [1.29, 1.82) is 0 Å². The molecule has 0 amide bonds. The van der Waals surface area contributed by atoms with E-state index in [0.29, 0.717) is 5.92 Å². The molecule has 0 saturated heterocycles. The van der Waals surface area contributed by atoms with Crippen LogP contribution in [0, 0.1) is 0 Å². The zero-order valence-corrected chi connectivity index (χ0v) is 11.0. The molecule has 0 bridgehead atoms. The molecule has 0 spiro atoms. The summed E-state index contributed by atoms with van der Waals surface area (Å²) in [6.45, 7) is 0. The molecular formula is C15H16N2S. The normalized spacial score (nSPS) is 17.7. The lowest BCUT2D eigenvalue weighted by atomic mass is 9.94. The van der Waals surface area contributed by atoms with E-state index in [2.05, 4.69) is 29.2 Å². The molecule has 1 atom stereocenters. The van der Waals surface area contributed by atoms with Crippen LogP contribution in [0.15, 0.2) is 47.6 Å². The van der Waals surface area contributed by atoms with Gasteiger partial charge in [0.05, 0.1) is 0 Å². The predicted octanol–water partition coefficient (Wildman–Crippen LogP) is 3.49. The molecule has 18 heavy (non-hydrogen) atoms. The number of hydrogen-bond donors (Lipinski definition) is 1. The number of rotatable bonds is 3. The summed E-state index contributed by atoms with van der Waals surface area (Å²) in [5.74, 6) is 1.85. The molecular weight excluding hydrogens is 240 g/mol. The molecule has 2 N–H and O–H groups in total. The fraction of sp³-hybridized carbons (Fsp3) is 0.267. The second kappa shape index (κ2) is 5.02. The van der Waals surface area contributed by atoms with Crippen LogP contribution in [0.25, 0.3) is 0 Å². The van der Waals surface area contributed by atoms with E-state index >= 15 is 0 Å². The summed E-state index contributed by atoms with van der Waals surface area (Å²) in [5.41, 5.74) is 9.50. The van der Waals surface area contributed by atoms with Crippen molar-refractivity contribution >= 4 is 17.4 Å². The van der Waals surface area contributed by atoms with Crippen molar-refractivity contribution in [2.24, 2.45) is 0 Å². The SMILES string of the molecule is Nc1ccncc1CCC1CSc2ccccc21. The van der Waals surface area contributed by atoms with Crippen LogP contribution in [0.1, 0.15) is 23.5 Å². The van der Waals surface area contributed by atoms with Crippen molar-refractivity contribution < 1.29 is 0 Å². The second-order valence-corrected chi connectivity index (χ2v) is 5.72. The molecule has 2 heterocycles. The summed E-state index contributed by atoms with van der Waals surface area (Å²) < 4.78 is 0. The first-order valence-electron chi connectivity index (χ1n) is 6.24. The molecule has 1 unspecified atom stereocenters. The molecule has 92 valence electrons. The molecule has 2 aromatic rings. The second-order valence-electron chi connectivity index (χ2n) is 4.66. The molecule has 0 aliphatic carbocycles. The van der Waals surface area contributed by atoms with Gasteiger partial charge in [-0.3, -0.25) is 4.98 Å². The van der Waals surface area contributed by atoms with E-state index in [-0.39, 0.29) is 0 Å². The van der Waals surface area contributed by atoms with Crippen LogP contribution >= 0.6 is 11.8 Å². The lowest BCUT2D eigenvalue weighted by Crippen LogP contribution is -2.02. The van der Waals surface area contributed by atoms with Crippen LogP contribution in [-0.4, -0.2) is 10.7 Å². The van der Waals surface area contributed by atoms with Crippen molar-refractivity contribution in [3.63, 3.8) is 0 Å². The lowest BCUT2D eigenvalue weighted by Gasteiger charge is -2.11. The standard InChI is InChI=1S/C15H16N2S/c16-14-7-8-17-9-11(14)5-6-12-10-18-15-4-2-1-3-13(12)15/h1-4,7-9,12H,5-6,10H2,(H2,16,17). The van der Waals surface area contributed by atoms with Crippen molar-refractivity contribution in [2.75, 3.05) is 11.5 Å². The fourth-order valence-corrected chi connectivity index (χ4v) is 3.75. The zero-order chi connectivity index (χ0) is 12.4. The monoisotopic (exact) mass is 256 g/mol. The summed E-state index contributed by atoms with van der Waals surface area (Å²) >= 11 is 1.97. The Labute approximate surface area is 112 Å². The van der Waals surface area contributed by atoms with E-state index in [0.717, 1.165) is 18.5 Å². The van der Waals surface area contributed by atoms with Gasteiger partial charge in [-0.05, 0) is 42.0 Å². The maximum Gasteiger partial charge on any atom is 0.0377 e. The third-order valence-corrected chi connectivity index (χ3v) is 4.75. The molecule has 0 saturated carbocycles. The summed E-state index contributed by atoms with van der Waals surface area (Å²) in [6, 6.07) is 10.6. The van der Waals surface area contributed by atoms with Crippen molar-refractivity contribution in [3.8, 4) is 0 Å². The number of fused-ring (bicyclic) bond motifs is 1. The number of aromatic nitrogens is 1. The molecule has 2 nitrogen and oxygen atoms in total. The van der Waals surface area contributed by atoms with Gasteiger partial charge in [-0.25, -0.2) is 0 Å². The number of aryl methyl sites for hydroxylation is 1. The summed E-state index contributed by atoms with van der Waals surface area (Å²) in [6.07, 6.45) is 5.81. The van der Waals surface area contributed by atoms with Gasteiger partial charge in [0.2, 0.25) is 0 Å². The highest BCUT2D eigenvalue weighted by atomic mass is 32.2. The highest BCUT2D eigenvalue weighted by molar-refractivity contribution is 7.99. The maximum atomic E-state index is 5.95. The Hall–Kier alpha value is -1.48. The van der Waals surface area contributed by atoms with Gasteiger partial charge >= 0.3 is 0 Å². The van der Waals surface area contributed by atoms with Crippen molar-refractivity contribution in [3.05, 3.63) is 53.9 Å². The van der Waals surface area contributed by atoms with Gasteiger partial charge in [-0.15, -0.1) is 11.8 Å². The van der Waals surface area contributed by atoms with E-state index in [9.17, 15) is 0 Å². The Morgan fingerprint density at radius 1 is 1.28 bits per heavy atom. The van der Waals surface area contributed by atoms with Crippen LogP contribution in [0.3, 0.4) is 0 Å². The number of hydrogen-bond acceptors (Lipinski definition) is 3. The van der Waals surface area contributed by atoms with Gasteiger partial charge in [0.25, 0.3) is 0 Å². The number of anilines is 1. The zero-order valence-electron chi connectivity index (χ0n) is 10.2. The van der Waals surface area contributed by atoms with Crippen molar-refractivity contribution in [2.45, 2.75) is 23.7 Å². The molecule has 3 rings (SSSR count). The minimum Gasteiger partial charge on any atom is -0.398 e. The Morgan fingerprint density at radius 3 is 3.06 bits per heavy atom. The lowest BCUT2D eigenvalue weighted by molar-refractivity contribution is 0.690. The number of benzene rings is 1. The Balaban J connectivity index is 1.71. The van der Waals surface area contributed by atoms with E-state index in [4.69, 9.17) is 5.73 Å². The number of nitrogens with zero attached hydrogens (tertiary/aromatic N) is 1. The van der Waals surface area contributed by atoms with Crippen molar-refractivity contribution in [1.82, 2.24) is 4.98 Å². The van der Waals surface area contributed by atoms with E-state index in [1.165, 1.54) is 21.8 Å². The molecule has 3 heteroatoms. The quantitative estimate of drug-likeness (QED) is 0.913. The van der Waals surface area contributed by atoms with Crippen LogP contribution in [0.5, 0.6) is 0 Å². The Kier molecular flexibility index (Phi) is 3.24. The molecule has 1 aliphatic heterocycles. The minimum absolute atomic E-state index is 0.658. The summed E-state index contributed by atoms with van der Waals surface area (Å²) in [5, 5.41) is 0. The molecule has 0 fully saturated rings. The van der Waals surface area contributed by atoms with Gasteiger partial charge in [0.1, 0.15) is 0 Å². The summed E-state index contributed by atoms with van der Waals surface area (Å²) in [7, 11) is 0. The van der Waals surface area contributed by atoms with Crippen LogP contribution in [0.2, 0.25) is 0 Å². The Bertz CT molecular complexity index is 554. The first-order valence-corrected chi connectivity index (χ1v) is 7.23. The van der Waals surface area contributed by atoms with E-state index < -0.39 is 0 Å². The first-order chi connectivity index (χ1) is 8.84. The topological polar surface area (TPSA) is 38.9 Å². The van der Waals surface area contributed by atoms with Gasteiger partial charge in [-0.2, -0.15) is 0 Å². The number of thioether (sulfide) groups is 1. The minimum atomic E-state index is 0.658. The highest BCUT2D eigenvalue weighted by Crippen LogP contribution is 2.41. The van der Waals surface area contributed by atoms with Crippen LogP contribution < -0.4 is 5.73 Å². The average molecular weight is 256 g/mol. The number of pyridine rings is 1. The maximum absolute atomic E-state index is 5.95. The van der Waals surface area contributed by atoms with E-state index in [1.54, 1.807) is 6.20 Å². The van der Waals surface area contributed by atoms with Gasteiger partial charge < -0.3 is 5.73 Å². The largest absolute Gasteiger partial charge is 0.398 e. The van der Waals surface area contributed by atoms with Gasteiger partial charge in [0.15, 0.2) is 0 Å². The third-order valence-electron chi connectivity index (χ3n) is 3.50. The number of nitrogens with two attached hydrogens (primary N) is 1. The highest BCUT2D eigenvalue weighted by Gasteiger charge is 2.22. The predicted molar refractivity (Wildman–Crippen MR) is 76.9 cm³/mol. The average Bonchev–Trinajstić information content (AvgIpc) is 2.81. The van der Waals surface area contributed by atoms with Crippen LogP contribution in [-0.2, 0) is 6.42 Å². The van der Waals surface area contributed by atoms with Gasteiger partial charge in [-0.1, -0.05) is 18.2 Å².